The average molecular weight is 210 g/mol. The van der Waals surface area contributed by atoms with E-state index in [2.05, 4.69) is 10.2 Å². The highest BCUT2D eigenvalue weighted by Gasteiger charge is 2.06. The Bertz CT molecular complexity index is 448. The van der Waals surface area contributed by atoms with E-state index in [0.717, 1.165) is 27.9 Å². The van der Waals surface area contributed by atoms with Gasteiger partial charge >= 0.3 is 0 Å². The van der Waals surface area contributed by atoms with Crippen molar-refractivity contribution in [3.05, 3.63) is 28.9 Å². The number of benzene rings is 1. The Morgan fingerprint density at radius 1 is 1.57 bits per heavy atom. The summed E-state index contributed by atoms with van der Waals surface area (Å²) in [5.41, 5.74) is 7.92. The van der Waals surface area contributed by atoms with E-state index < -0.39 is 0 Å². The van der Waals surface area contributed by atoms with Crippen LogP contribution in [0.15, 0.2) is 18.3 Å². The van der Waals surface area contributed by atoms with Crippen LogP contribution >= 0.6 is 11.6 Å². The third-order valence-electron chi connectivity index (χ3n) is 2.14. The predicted octanol–water partition coefficient (Wildman–Crippen LogP) is 2.11. The molecule has 0 spiro atoms. The van der Waals surface area contributed by atoms with Gasteiger partial charge in [-0.1, -0.05) is 11.6 Å². The normalized spacial score (nSPS) is 13.4. The summed E-state index contributed by atoms with van der Waals surface area (Å²) in [5, 5.41) is 8.71. The molecule has 0 fully saturated rings. The van der Waals surface area contributed by atoms with E-state index in [9.17, 15) is 0 Å². The molecule has 0 aliphatic rings. The lowest BCUT2D eigenvalue weighted by atomic mass is 10.1. The molecule has 0 radical (unpaired) electrons. The van der Waals surface area contributed by atoms with E-state index in [1.165, 1.54) is 0 Å². The number of nitrogens with two attached hydrogens (primary N) is 1. The maximum absolute atomic E-state index is 5.98. The number of fused-ring (bicyclic) bond motifs is 1. The molecular weight excluding hydrogens is 198 g/mol. The molecule has 2 aromatic rings. The number of nitrogens with one attached hydrogen (secondary N) is 1. The van der Waals surface area contributed by atoms with E-state index in [-0.39, 0.29) is 6.04 Å². The van der Waals surface area contributed by atoms with Crippen molar-refractivity contribution in [1.29, 1.82) is 0 Å². The third-order valence-corrected chi connectivity index (χ3v) is 2.36. The van der Waals surface area contributed by atoms with E-state index in [0.29, 0.717) is 0 Å². The van der Waals surface area contributed by atoms with Crippen molar-refractivity contribution < 1.29 is 0 Å². The topological polar surface area (TPSA) is 54.7 Å². The first kappa shape index (κ1) is 9.49. The zero-order valence-corrected chi connectivity index (χ0v) is 8.67. The molecule has 14 heavy (non-hydrogen) atoms. The first-order valence-electron chi connectivity index (χ1n) is 4.54. The number of halogens is 1. The SMILES string of the molecule is CC(N)Cc1cc(Cl)cc2cn[nH]c12. The maximum atomic E-state index is 5.98. The van der Waals surface area contributed by atoms with Crippen molar-refractivity contribution in [3.63, 3.8) is 0 Å². The van der Waals surface area contributed by atoms with Crippen molar-refractivity contribution in [3.8, 4) is 0 Å². The van der Waals surface area contributed by atoms with Crippen LogP contribution in [0.4, 0.5) is 0 Å². The summed E-state index contributed by atoms with van der Waals surface area (Å²) in [7, 11) is 0. The molecule has 3 nitrogen and oxygen atoms in total. The van der Waals surface area contributed by atoms with E-state index in [1.54, 1.807) is 6.20 Å². The molecule has 1 heterocycles. The molecule has 0 bridgehead atoms. The number of hydrogen-bond acceptors (Lipinski definition) is 2. The molecule has 0 saturated heterocycles. The quantitative estimate of drug-likeness (QED) is 0.796. The highest BCUT2D eigenvalue weighted by molar-refractivity contribution is 6.31. The fourth-order valence-electron chi connectivity index (χ4n) is 1.60. The minimum Gasteiger partial charge on any atom is -0.328 e. The molecule has 1 aromatic heterocycles. The smallest absolute Gasteiger partial charge is 0.0683 e. The van der Waals surface area contributed by atoms with Gasteiger partial charge in [0.15, 0.2) is 0 Å². The van der Waals surface area contributed by atoms with Crippen LogP contribution in [0.5, 0.6) is 0 Å². The summed E-state index contributed by atoms with van der Waals surface area (Å²) < 4.78 is 0. The zero-order valence-electron chi connectivity index (χ0n) is 7.92. The van der Waals surface area contributed by atoms with Gasteiger partial charge in [-0.3, -0.25) is 5.10 Å². The standard InChI is InChI=1S/C10H12ClN3/c1-6(12)2-7-3-9(11)4-8-5-13-14-10(7)8/h3-6H,2,12H2,1H3,(H,13,14). The number of hydrogen-bond donors (Lipinski definition) is 2. The minimum absolute atomic E-state index is 0.125. The lowest BCUT2D eigenvalue weighted by Crippen LogP contribution is -2.17. The summed E-state index contributed by atoms with van der Waals surface area (Å²) in [6, 6.07) is 3.95. The van der Waals surface area contributed by atoms with Gasteiger partial charge in [-0.2, -0.15) is 5.10 Å². The van der Waals surface area contributed by atoms with Crippen LogP contribution < -0.4 is 5.73 Å². The fraction of sp³-hybridized carbons (Fsp3) is 0.300. The Labute approximate surface area is 87.2 Å². The van der Waals surface area contributed by atoms with Crippen molar-refractivity contribution in [1.82, 2.24) is 10.2 Å². The highest BCUT2D eigenvalue weighted by atomic mass is 35.5. The van der Waals surface area contributed by atoms with Gasteiger partial charge in [0, 0.05) is 16.5 Å². The molecule has 74 valence electrons. The Morgan fingerprint density at radius 2 is 2.36 bits per heavy atom. The molecule has 1 aromatic carbocycles. The number of aromatic nitrogens is 2. The molecule has 0 amide bonds. The average Bonchev–Trinajstić information content (AvgIpc) is 2.50. The van der Waals surface area contributed by atoms with Gasteiger partial charge in [0.25, 0.3) is 0 Å². The molecule has 0 aliphatic heterocycles. The van der Waals surface area contributed by atoms with Gasteiger partial charge in [0.2, 0.25) is 0 Å². The van der Waals surface area contributed by atoms with Crippen molar-refractivity contribution in [2.45, 2.75) is 19.4 Å². The Balaban J connectivity index is 2.55. The summed E-state index contributed by atoms with van der Waals surface area (Å²) in [6.07, 6.45) is 2.57. The summed E-state index contributed by atoms with van der Waals surface area (Å²) in [6.45, 7) is 1.98. The molecule has 0 saturated carbocycles. The first-order valence-corrected chi connectivity index (χ1v) is 4.91. The number of H-pyrrole nitrogens is 1. The van der Waals surface area contributed by atoms with Crippen LogP contribution in [0, 0.1) is 0 Å². The third kappa shape index (κ3) is 1.74. The van der Waals surface area contributed by atoms with Gasteiger partial charge in [-0.05, 0) is 31.0 Å². The summed E-state index contributed by atoms with van der Waals surface area (Å²) in [4.78, 5) is 0. The maximum Gasteiger partial charge on any atom is 0.0683 e. The molecular formula is C10H12ClN3. The molecule has 4 heteroatoms. The fourth-order valence-corrected chi connectivity index (χ4v) is 1.85. The Morgan fingerprint density at radius 3 is 3.07 bits per heavy atom. The van der Waals surface area contributed by atoms with Gasteiger partial charge in [0.05, 0.1) is 11.7 Å². The largest absolute Gasteiger partial charge is 0.328 e. The Kier molecular flexibility index (Phi) is 2.44. The van der Waals surface area contributed by atoms with E-state index in [1.807, 2.05) is 19.1 Å². The second-order valence-electron chi connectivity index (χ2n) is 3.58. The minimum atomic E-state index is 0.125. The van der Waals surface area contributed by atoms with E-state index in [4.69, 9.17) is 17.3 Å². The van der Waals surface area contributed by atoms with Crippen LogP contribution in [0.1, 0.15) is 12.5 Å². The first-order chi connectivity index (χ1) is 6.66. The molecule has 1 atom stereocenters. The van der Waals surface area contributed by atoms with Crippen LogP contribution in [-0.2, 0) is 6.42 Å². The van der Waals surface area contributed by atoms with Crippen LogP contribution in [0.3, 0.4) is 0 Å². The van der Waals surface area contributed by atoms with Gasteiger partial charge < -0.3 is 5.73 Å². The number of rotatable bonds is 2. The van der Waals surface area contributed by atoms with Crippen molar-refractivity contribution in [2.24, 2.45) is 5.73 Å². The van der Waals surface area contributed by atoms with Crippen molar-refractivity contribution >= 4 is 22.5 Å². The second kappa shape index (κ2) is 3.59. The van der Waals surface area contributed by atoms with Crippen LogP contribution in [-0.4, -0.2) is 16.2 Å². The highest BCUT2D eigenvalue weighted by Crippen LogP contribution is 2.22. The summed E-state index contributed by atoms with van der Waals surface area (Å²) >= 11 is 5.98. The van der Waals surface area contributed by atoms with Crippen LogP contribution in [0.25, 0.3) is 10.9 Å². The van der Waals surface area contributed by atoms with E-state index >= 15 is 0 Å². The second-order valence-corrected chi connectivity index (χ2v) is 4.02. The van der Waals surface area contributed by atoms with Gasteiger partial charge in [-0.15, -0.1) is 0 Å². The molecule has 0 aliphatic carbocycles. The monoisotopic (exact) mass is 209 g/mol. The Hall–Kier alpha value is -1.06. The summed E-state index contributed by atoms with van der Waals surface area (Å²) in [5.74, 6) is 0. The number of nitrogens with zero attached hydrogens (tertiary/aromatic N) is 1. The lowest BCUT2D eigenvalue weighted by molar-refractivity contribution is 0.740. The number of aromatic amines is 1. The van der Waals surface area contributed by atoms with Crippen molar-refractivity contribution in [2.75, 3.05) is 0 Å². The molecule has 1 unspecified atom stereocenters. The lowest BCUT2D eigenvalue weighted by Gasteiger charge is -2.06. The zero-order chi connectivity index (χ0) is 10.1. The molecule has 3 N–H and O–H groups in total. The van der Waals surface area contributed by atoms with Gasteiger partial charge in [-0.25, -0.2) is 0 Å². The van der Waals surface area contributed by atoms with Gasteiger partial charge in [0.1, 0.15) is 0 Å². The molecule has 2 rings (SSSR count). The predicted molar refractivity (Wildman–Crippen MR) is 58.5 cm³/mol. The van der Waals surface area contributed by atoms with Crippen LogP contribution in [0.2, 0.25) is 5.02 Å².